The minimum Gasteiger partial charge on any atom is -0.356 e. The fourth-order valence-corrected chi connectivity index (χ4v) is 0.102. The molecule has 0 radical (unpaired) electrons. The van der Waals surface area contributed by atoms with Crippen LogP contribution < -0.4 is 17.0 Å². The van der Waals surface area contributed by atoms with Gasteiger partial charge in [-0.25, -0.2) is 0 Å². The Hall–Kier alpha value is -0.870. The lowest BCUT2D eigenvalue weighted by Crippen LogP contribution is -2.13. The van der Waals surface area contributed by atoms with E-state index in [0.717, 1.165) is 0 Å². The molecule has 0 rings (SSSR count). The van der Waals surface area contributed by atoms with Crippen LogP contribution in [0.15, 0.2) is 12.7 Å². The van der Waals surface area contributed by atoms with E-state index in [1.54, 1.807) is 7.05 Å². The number of likely N-dealkylation sites (N-methyl/N-ethyl adjacent to an activating group) is 1. The monoisotopic (exact) mass is 117 g/mol. The van der Waals surface area contributed by atoms with Crippen LogP contribution in [0.3, 0.4) is 0 Å². The Labute approximate surface area is 48.5 Å². The third-order valence-corrected chi connectivity index (χ3v) is 0.432. The predicted octanol–water partition coefficient (Wildman–Crippen LogP) is -1.26. The number of hydrogen-bond donors (Lipinski definition) is 3. The van der Waals surface area contributed by atoms with Crippen LogP contribution in [-0.4, -0.2) is 13.0 Å². The Balaban J connectivity index is 0. The Morgan fingerprint density at radius 3 is 2.12 bits per heavy atom. The normalized spacial score (nSPS) is 5.88. The first-order valence-corrected chi connectivity index (χ1v) is 1.98. The van der Waals surface area contributed by atoms with E-state index >= 15 is 0 Å². The lowest BCUT2D eigenvalue weighted by Gasteiger charge is -1.82. The average Bonchev–Trinajstić information content (AvgIpc) is 1.91. The number of rotatable bonds is 1. The van der Waals surface area contributed by atoms with Crippen LogP contribution in [-0.2, 0) is 4.79 Å². The molecule has 48 valence electrons. The number of hydrazine groups is 1. The van der Waals surface area contributed by atoms with Gasteiger partial charge >= 0.3 is 0 Å². The topological polar surface area (TPSA) is 81.1 Å². The van der Waals surface area contributed by atoms with Crippen molar-refractivity contribution in [2.75, 3.05) is 7.05 Å². The zero-order valence-electron chi connectivity index (χ0n) is 4.85. The van der Waals surface area contributed by atoms with Crippen LogP contribution in [0.25, 0.3) is 0 Å². The van der Waals surface area contributed by atoms with Crippen molar-refractivity contribution < 1.29 is 4.79 Å². The quantitative estimate of drug-likeness (QED) is 0.228. The van der Waals surface area contributed by atoms with E-state index in [9.17, 15) is 4.79 Å². The van der Waals surface area contributed by atoms with E-state index < -0.39 is 0 Å². The zero-order valence-corrected chi connectivity index (χ0v) is 4.85. The Morgan fingerprint density at radius 1 is 1.75 bits per heavy atom. The van der Waals surface area contributed by atoms with Crippen molar-refractivity contribution >= 4 is 5.91 Å². The highest BCUT2D eigenvalue weighted by molar-refractivity contribution is 5.86. The van der Waals surface area contributed by atoms with Gasteiger partial charge in [-0.05, 0) is 6.08 Å². The van der Waals surface area contributed by atoms with E-state index in [4.69, 9.17) is 0 Å². The second kappa shape index (κ2) is 9.46. The summed E-state index contributed by atoms with van der Waals surface area (Å²) in [7, 11) is 1.56. The van der Waals surface area contributed by atoms with Gasteiger partial charge in [-0.1, -0.05) is 6.58 Å². The third-order valence-electron chi connectivity index (χ3n) is 0.432. The Morgan fingerprint density at radius 2 is 2.12 bits per heavy atom. The Kier molecular flexibility index (Phi) is 12.0. The smallest absolute Gasteiger partial charge is 0.243 e. The summed E-state index contributed by atoms with van der Waals surface area (Å²) >= 11 is 0. The van der Waals surface area contributed by atoms with Crippen molar-refractivity contribution in [3.8, 4) is 0 Å². The number of nitrogens with one attached hydrogen (secondary N) is 1. The summed E-state index contributed by atoms with van der Waals surface area (Å²) in [6.45, 7) is 3.22. The van der Waals surface area contributed by atoms with Gasteiger partial charge in [0.2, 0.25) is 5.91 Å². The van der Waals surface area contributed by atoms with Gasteiger partial charge in [-0.3, -0.25) is 16.5 Å². The van der Waals surface area contributed by atoms with Gasteiger partial charge in [0.1, 0.15) is 0 Å². The van der Waals surface area contributed by atoms with E-state index in [1.165, 1.54) is 6.08 Å². The molecule has 0 spiro atoms. The van der Waals surface area contributed by atoms with Crippen molar-refractivity contribution in [1.82, 2.24) is 5.32 Å². The first-order chi connectivity index (χ1) is 3.81. The molecule has 0 aliphatic heterocycles. The standard InChI is InChI=1S/C4H7NO.H4N2/c1-3-4(6)5-2;1-2/h3H,1H2,2H3,(H,5,6);1-2H2. The number of nitrogens with two attached hydrogens (primary N) is 2. The molecule has 0 fully saturated rings. The van der Waals surface area contributed by atoms with Gasteiger partial charge in [-0.2, -0.15) is 0 Å². The lowest BCUT2D eigenvalue weighted by atomic mass is 10.6. The molecular formula is C4H11N3O. The molecular weight excluding hydrogens is 106 g/mol. The van der Waals surface area contributed by atoms with Crippen LogP contribution >= 0.6 is 0 Å². The molecule has 4 nitrogen and oxygen atoms in total. The molecule has 0 aromatic carbocycles. The van der Waals surface area contributed by atoms with Crippen LogP contribution in [0, 0.1) is 0 Å². The minimum absolute atomic E-state index is 0.144. The summed E-state index contributed by atoms with van der Waals surface area (Å²) in [5, 5.41) is 2.36. The van der Waals surface area contributed by atoms with Gasteiger partial charge < -0.3 is 5.32 Å². The summed E-state index contributed by atoms with van der Waals surface area (Å²) in [6, 6.07) is 0. The summed E-state index contributed by atoms with van der Waals surface area (Å²) in [6.07, 6.45) is 1.22. The molecule has 4 heteroatoms. The van der Waals surface area contributed by atoms with E-state index in [2.05, 4.69) is 23.6 Å². The summed E-state index contributed by atoms with van der Waals surface area (Å²) < 4.78 is 0. The number of amides is 1. The first-order valence-electron chi connectivity index (χ1n) is 1.98. The van der Waals surface area contributed by atoms with Gasteiger partial charge in [0.05, 0.1) is 0 Å². The summed E-state index contributed by atoms with van der Waals surface area (Å²) in [5.74, 6) is 7.86. The molecule has 0 aromatic heterocycles. The molecule has 8 heavy (non-hydrogen) atoms. The fraction of sp³-hybridized carbons (Fsp3) is 0.250. The summed E-state index contributed by atoms with van der Waals surface area (Å²) in [4.78, 5) is 9.95. The average molecular weight is 117 g/mol. The highest BCUT2D eigenvalue weighted by atomic mass is 16.1. The van der Waals surface area contributed by atoms with Gasteiger partial charge in [0.25, 0.3) is 0 Å². The maximum absolute atomic E-state index is 9.95. The number of hydrogen-bond acceptors (Lipinski definition) is 3. The largest absolute Gasteiger partial charge is 0.356 e. The molecule has 0 aliphatic carbocycles. The molecule has 0 aromatic rings. The third kappa shape index (κ3) is 8.93. The van der Waals surface area contributed by atoms with Crippen LogP contribution in [0.1, 0.15) is 0 Å². The number of carbonyl (C=O) groups excluding carboxylic acids is 1. The SMILES string of the molecule is C=CC(=O)NC.NN. The van der Waals surface area contributed by atoms with Crippen LogP contribution in [0.5, 0.6) is 0 Å². The number of carbonyl (C=O) groups is 1. The highest BCUT2D eigenvalue weighted by Crippen LogP contribution is 1.56. The van der Waals surface area contributed by atoms with Gasteiger partial charge in [0.15, 0.2) is 0 Å². The van der Waals surface area contributed by atoms with Crippen molar-refractivity contribution in [2.24, 2.45) is 11.7 Å². The van der Waals surface area contributed by atoms with Crippen LogP contribution in [0.4, 0.5) is 0 Å². The zero-order chi connectivity index (χ0) is 6.99. The molecule has 0 aliphatic rings. The molecule has 0 saturated heterocycles. The van der Waals surface area contributed by atoms with E-state index in [1.807, 2.05) is 0 Å². The maximum Gasteiger partial charge on any atom is 0.243 e. The molecule has 5 N–H and O–H groups in total. The minimum atomic E-state index is -0.144. The van der Waals surface area contributed by atoms with Crippen LogP contribution in [0.2, 0.25) is 0 Å². The van der Waals surface area contributed by atoms with Gasteiger partial charge in [0, 0.05) is 7.05 Å². The predicted molar refractivity (Wildman–Crippen MR) is 32.6 cm³/mol. The van der Waals surface area contributed by atoms with Crippen molar-refractivity contribution in [3.05, 3.63) is 12.7 Å². The maximum atomic E-state index is 9.95. The molecule has 0 heterocycles. The van der Waals surface area contributed by atoms with Crippen molar-refractivity contribution in [3.63, 3.8) is 0 Å². The first kappa shape index (κ1) is 10.2. The fourth-order valence-electron chi connectivity index (χ4n) is 0.102. The van der Waals surface area contributed by atoms with Crippen molar-refractivity contribution in [1.29, 1.82) is 0 Å². The Bertz CT molecular complexity index is 71.7. The molecule has 0 atom stereocenters. The molecule has 0 bridgehead atoms. The van der Waals surface area contributed by atoms with E-state index in [0.29, 0.717) is 0 Å². The molecule has 1 amide bonds. The molecule has 0 saturated carbocycles. The summed E-state index contributed by atoms with van der Waals surface area (Å²) in [5.41, 5.74) is 0. The van der Waals surface area contributed by atoms with Gasteiger partial charge in [-0.15, -0.1) is 0 Å². The highest BCUT2D eigenvalue weighted by Gasteiger charge is 1.78. The second-order valence-corrected chi connectivity index (χ2v) is 0.818. The van der Waals surface area contributed by atoms with Crippen molar-refractivity contribution in [2.45, 2.75) is 0 Å². The molecule has 0 unspecified atom stereocenters. The second-order valence-electron chi connectivity index (χ2n) is 0.818. The lowest BCUT2D eigenvalue weighted by molar-refractivity contribution is -0.116. The van der Waals surface area contributed by atoms with E-state index in [-0.39, 0.29) is 5.91 Å².